The fourth-order valence-electron chi connectivity index (χ4n) is 4.62. The highest BCUT2D eigenvalue weighted by Crippen LogP contribution is 2.27. The molecule has 0 aliphatic carbocycles. The summed E-state index contributed by atoms with van der Waals surface area (Å²) in [5.41, 5.74) is 7.11. The van der Waals surface area contributed by atoms with E-state index in [1.165, 1.54) is 4.88 Å². The molecular weight excluding hydrogens is 468 g/mol. The van der Waals surface area contributed by atoms with Gasteiger partial charge in [0, 0.05) is 37.1 Å². The van der Waals surface area contributed by atoms with Gasteiger partial charge in [0.1, 0.15) is 5.78 Å². The maximum absolute atomic E-state index is 12.6. The lowest BCUT2D eigenvalue weighted by molar-refractivity contribution is -0.125. The number of nitrogens with one attached hydrogen (secondary N) is 1. The zero-order valence-electron chi connectivity index (χ0n) is 21.2. The predicted octanol–water partition coefficient (Wildman–Crippen LogP) is 6.03. The largest absolute Gasteiger partial charge is 0.352 e. The van der Waals surface area contributed by atoms with Gasteiger partial charge in [-0.15, -0.1) is 11.3 Å². The molecule has 36 heavy (non-hydrogen) atoms. The van der Waals surface area contributed by atoms with Gasteiger partial charge in [-0.25, -0.2) is 9.50 Å². The molecule has 0 aliphatic rings. The van der Waals surface area contributed by atoms with E-state index in [4.69, 9.17) is 0 Å². The van der Waals surface area contributed by atoms with Crippen molar-refractivity contribution in [3.63, 3.8) is 0 Å². The van der Waals surface area contributed by atoms with Gasteiger partial charge in [0.15, 0.2) is 0 Å². The molecule has 4 rings (SSSR count). The van der Waals surface area contributed by atoms with E-state index < -0.39 is 0 Å². The smallest absolute Gasteiger partial charge is 0.223 e. The Hall–Kier alpha value is -3.32. The Kier molecular flexibility index (Phi) is 8.65. The molecule has 6 nitrogen and oxygen atoms in total. The van der Waals surface area contributed by atoms with Gasteiger partial charge in [0.2, 0.25) is 5.91 Å². The monoisotopic (exact) mass is 502 g/mol. The van der Waals surface area contributed by atoms with Crippen molar-refractivity contribution in [3.05, 3.63) is 77.2 Å². The van der Waals surface area contributed by atoms with Crippen molar-refractivity contribution in [3.8, 4) is 10.4 Å². The van der Waals surface area contributed by atoms with Crippen molar-refractivity contribution in [2.75, 3.05) is 0 Å². The van der Waals surface area contributed by atoms with Crippen molar-refractivity contribution >= 4 is 28.5 Å². The Labute approximate surface area is 216 Å². The number of fused-ring (bicyclic) bond motifs is 1. The van der Waals surface area contributed by atoms with E-state index in [9.17, 15) is 9.59 Å². The number of hydrogen-bond acceptors (Lipinski definition) is 5. The van der Waals surface area contributed by atoms with E-state index in [2.05, 4.69) is 46.6 Å². The lowest BCUT2D eigenvalue weighted by atomic mass is 9.91. The van der Waals surface area contributed by atoms with E-state index in [-0.39, 0.29) is 17.6 Å². The first-order valence-electron chi connectivity index (χ1n) is 12.6. The number of aryl methyl sites for hydroxylation is 1. The molecule has 0 saturated heterocycles. The topological polar surface area (TPSA) is 76.4 Å². The van der Waals surface area contributed by atoms with Gasteiger partial charge in [-0.3, -0.25) is 9.59 Å². The summed E-state index contributed by atoms with van der Waals surface area (Å²) in [4.78, 5) is 30.6. The van der Waals surface area contributed by atoms with E-state index >= 15 is 0 Å². The molecule has 0 fully saturated rings. The number of hydrogen-bond donors (Lipinski definition) is 1. The van der Waals surface area contributed by atoms with E-state index in [0.29, 0.717) is 25.3 Å². The lowest BCUT2D eigenvalue weighted by Gasteiger charge is -2.17. The van der Waals surface area contributed by atoms with Crippen molar-refractivity contribution < 1.29 is 9.59 Å². The van der Waals surface area contributed by atoms with E-state index in [0.717, 1.165) is 47.2 Å². The molecule has 2 atom stereocenters. The summed E-state index contributed by atoms with van der Waals surface area (Å²) in [5, 5.41) is 7.38. The standard InChI is InChI=1S/C29H34N4O2S/c1-20(7-6-8-26(34)16-25-18-32-33-14-5-4-9-27(25)33)15-21(2)29(35)30-17-23-10-12-24(13-11-23)28-22(3)31-19-36-28/h4-5,9-14,18-21H,6-8,15-17H2,1-3H3,(H,30,35). The summed E-state index contributed by atoms with van der Waals surface area (Å²) >= 11 is 1.64. The third-order valence-electron chi connectivity index (χ3n) is 6.68. The van der Waals surface area contributed by atoms with Crippen LogP contribution in [-0.2, 0) is 22.6 Å². The molecule has 4 aromatic rings. The van der Waals surface area contributed by atoms with Crippen LogP contribution in [0.15, 0.2) is 60.4 Å². The van der Waals surface area contributed by atoms with Gasteiger partial charge in [0.25, 0.3) is 0 Å². The molecule has 0 aliphatic heterocycles. The van der Waals surface area contributed by atoms with Crippen LogP contribution >= 0.6 is 11.3 Å². The summed E-state index contributed by atoms with van der Waals surface area (Å²) in [6, 6.07) is 14.2. The molecule has 0 bridgehead atoms. The van der Waals surface area contributed by atoms with Crippen molar-refractivity contribution in [1.29, 1.82) is 0 Å². The zero-order chi connectivity index (χ0) is 25.5. The first-order chi connectivity index (χ1) is 17.4. The lowest BCUT2D eigenvalue weighted by Crippen LogP contribution is -2.29. The number of thiazole rings is 1. The molecule has 0 saturated carbocycles. The normalized spacial score (nSPS) is 13.0. The van der Waals surface area contributed by atoms with Gasteiger partial charge in [0.05, 0.1) is 27.8 Å². The van der Waals surface area contributed by atoms with Gasteiger partial charge < -0.3 is 5.32 Å². The average molecular weight is 503 g/mol. The average Bonchev–Trinajstić information content (AvgIpc) is 3.49. The quantitative estimate of drug-likeness (QED) is 0.257. The van der Waals surface area contributed by atoms with Crippen LogP contribution < -0.4 is 5.32 Å². The number of ketones is 1. The van der Waals surface area contributed by atoms with Crippen molar-refractivity contribution in [1.82, 2.24) is 19.9 Å². The number of nitrogens with zero attached hydrogens (tertiary/aromatic N) is 3. The number of carbonyl (C=O) groups excluding carboxylic acids is 2. The van der Waals surface area contributed by atoms with Gasteiger partial charge in [-0.2, -0.15) is 5.10 Å². The SMILES string of the molecule is Cc1ncsc1-c1ccc(CNC(=O)C(C)CC(C)CCCC(=O)Cc2cnn3ccccc23)cc1. The summed E-state index contributed by atoms with van der Waals surface area (Å²) in [6.07, 6.45) is 7.26. The Bertz CT molecular complexity index is 1310. The molecular formula is C29H34N4O2S. The first-order valence-corrected chi connectivity index (χ1v) is 13.5. The van der Waals surface area contributed by atoms with Gasteiger partial charge in [-0.1, -0.05) is 50.6 Å². The van der Waals surface area contributed by atoms with Crippen LogP contribution in [0.3, 0.4) is 0 Å². The zero-order valence-corrected chi connectivity index (χ0v) is 22.1. The van der Waals surface area contributed by atoms with Crippen LogP contribution in [0.1, 0.15) is 56.4 Å². The van der Waals surface area contributed by atoms with Crippen LogP contribution in [0.25, 0.3) is 16.0 Å². The summed E-state index contributed by atoms with van der Waals surface area (Å²) < 4.78 is 1.80. The number of carbonyl (C=O) groups is 2. The predicted molar refractivity (Wildman–Crippen MR) is 145 cm³/mol. The molecule has 7 heteroatoms. The molecule has 188 valence electrons. The van der Waals surface area contributed by atoms with E-state index in [1.54, 1.807) is 22.0 Å². The van der Waals surface area contributed by atoms with Gasteiger partial charge >= 0.3 is 0 Å². The maximum atomic E-state index is 12.6. The van der Waals surface area contributed by atoms with Crippen molar-refractivity contribution in [2.24, 2.45) is 11.8 Å². The molecule has 0 radical (unpaired) electrons. The molecule has 1 aromatic carbocycles. The minimum Gasteiger partial charge on any atom is -0.352 e. The van der Waals surface area contributed by atoms with Gasteiger partial charge in [-0.05, 0) is 48.9 Å². The van der Waals surface area contributed by atoms with Crippen LogP contribution in [-0.4, -0.2) is 26.3 Å². The minimum absolute atomic E-state index is 0.0615. The summed E-state index contributed by atoms with van der Waals surface area (Å²) in [7, 11) is 0. The number of rotatable bonds is 12. The third-order valence-corrected chi connectivity index (χ3v) is 7.66. The highest BCUT2D eigenvalue weighted by Gasteiger charge is 2.17. The Morgan fingerprint density at radius 1 is 1.11 bits per heavy atom. The Morgan fingerprint density at radius 2 is 1.92 bits per heavy atom. The third kappa shape index (κ3) is 6.66. The fourth-order valence-corrected chi connectivity index (χ4v) is 5.43. The number of pyridine rings is 1. The number of Topliss-reactive ketones (excluding diaryl/α,β-unsaturated/α-hetero) is 1. The molecule has 0 spiro atoms. The van der Waals surface area contributed by atoms with Crippen LogP contribution in [0.2, 0.25) is 0 Å². The highest BCUT2D eigenvalue weighted by molar-refractivity contribution is 7.13. The van der Waals surface area contributed by atoms with Crippen molar-refractivity contribution in [2.45, 2.75) is 59.4 Å². The summed E-state index contributed by atoms with van der Waals surface area (Å²) in [5.74, 6) is 0.641. The van der Waals surface area contributed by atoms with Crippen LogP contribution in [0.4, 0.5) is 0 Å². The first kappa shape index (κ1) is 25.8. The second-order valence-electron chi connectivity index (χ2n) is 9.73. The second-order valence-corrected chi connectivity index (χ2v) is 10.6. The number of benzene rings is 1. The van der Waals surface area contributed by atoms with Crippen LogP contribution in [0, 0.1) is 18.8 Å². The number of aromatic nitrogens is 3. The summed E-state index contributed by atoms with van der Waals surface area (Å²) in [6.45, 7) is 6.69. The Morgan fingerprint density at radius 3 is 2.67 bits per heavy atom. The highest BCUT2D eigenvalue weighted by atomic mass is 32.1. The molecule has 3 heterocycles. The Balaban J connectivity index is 1.15. The second kappa shape index (κ2) is 12.1. The molecule has 1 N–H and O–H groups in total. The van der Waals surface area contributed by atoms with E-state index in [1.807, 2.05) is 43.8 Å². The maximum Gasteiger partial charge on any atom is 0.223 e. The number of amides is 1. The molecule has 1 amide bonds. The fraction of sp³-hybridized carbons (Fsp3) is 0.379. The molecule has 2 unspecified atom stereocenters. The van der Waals surface area contributed by atoms with Crippen LogP contribution in [0.5, 0.6) is 0 Å². The molecule has 3 aromatic heterocycles. The minimum atomic E-state index is -0.0615.